The quantitative estimate of drug-likeness (QED) is 0.854. The molecule has 0 bridgehead atoms. The number of rotatable bonds is 6. The van der Waals surface area contributed by atoms with E-state index in [1.807, 2.05) is 11.6 Å². The number of hydrogen-bond acceptors (Lipinski definition) is 5. The van der Waals surface area contributed by atoms with Crippen molar-refractivity contribution in [3.8, 4) is 0 Å². The summed E-state index contributed by atoms with van der Waals surface area (Å²) >= 11 is 0. The largest absolute Gasteiger partial charge is 0.376 e. The Bertz CT molecular complexity index is 605. The highest BCUT2D eigenvalue weighted by atomic mass is 32.2. The lowest BCUT2D eigenvalue weighted by molar-refractivity contribution is -0.131. The van der Waals surface area contributed by atoms with Crippen molar-refractivity contribution in [1.82, 2.24) is 4.72 Å². The van der Waals surface area contributed by atoms with Gasteiger partial charge in [0.2, 0.25) is 0 Å². The summed E-state index contributed by atoms with van der Waals surface area (Å²) in [5.41, 5.74) is 0.943. The number of amides is 1. The first kappa shape index (κ1) is 16.9. The number of aryl methyl sites for hydroxylation is 1. The first-order valence-corrected chi connectivity index (χ1v) is 8.73. The van der Waals surface area contributed by atoms with Gasteiger partial charge in [-0.3, -0.25) is 4.79 Å². The Hall–Kier alpha value is -1.44. The highest BCUT2D eigenvalue weighted by Crippen LogP contribution is 2.13. The molecule has 2 atom stereocenters. The van der Waals surface area contributed by atoms with E-state index in [0.717, 1.165) is 18.4 Å². The van der Waals surface area contributed by atoms with Crippen molar-refractivity contribution in [3.05, 3.63) is 29.8 Å². The van der Waals surface area contributed by atoms with Gasteiger partial charge in [-0.15, -0.1) is 0 Å². The van der Waals surface area contributed by atoms with E-state index in [4.69, 9.17) is 9.47 Å². The van der Waals surface area contributed by atoms with Crippen molar-refractivity contribution < 1.29 is 22.7 Å². The van der Waals surface area contributed by atoms with Crippen molar-refractivity contribution in [2.45, 2.75) is 43.8 Å². The fraction of sp³-hybridized carbons (Fsp3) is 0.533. The predicted molar refractivity (Wildman–Crippen MR) is 80.9 cm³/mol. The minimum absolute atomic E-state index is 0.0102. The summed E-state index contributed by atoms with van der Waals surface area (Å²) in [4.78, 5) is 12.0. The summed E-state index contributed by atoms with van der Waals surface area (Å²) in [6.45, 7) is 4.38. The maximum Gasteiger partial charge on any atom is 0.264 e. The molecular weight excluding hydrogens is 306 g/mol. The van der Waals surface area contributed by atoms with Gasteiger partial charge in [-0.1, -0.05) is 17.7 Å². The van der Waals surface area contributed by atoms with Crippen LogP contribution in [0.15, 0.2) is 29.2 Å². The molecule has 1 aromatic rings. The third-order valence-electron chi connectivity index (χ3n) is 3.49. The van der Waals surface area contributed by atoms with Gasteiger partial charge in [0.1, 0.15) is 6.10 Å². The van der Waals surface area contributed by atoms with Crippen molar-refractivity contribution in [2.24, 2.45) is 0 Å². The molecule has 1 heterocycles. The number of nitrogens with one attached hydrogen (secondary N) is 1. The second-order valence-corrected chi connectivity index (χ2v) is 7.08. The summed E-state index contributed by atoms with van der Waals surface area (Å²) in [5.74, 6) is -0.682. The molecule has 1 saturated heterocycles. The van der Waals surface area contributed by atoms with Gasteiger partial charge in [-0.05, 0) is 38.8 Å². The number of hydrogen-bond donors (Lipinski definition) is 1. The zero-order valence-corrected chi connectivity index (χ0v) is 13.6. The number of ether oxygens (including phenoxy) is 2. The lowest BCUT2D eigenvalue weighted by Gasteiger charge is -2.16. The molecule has 0 saturated carbocycles. The van der Waals surface area contributed by atoms with E-state index in [-0.39, 0.29) is 11.0 Å². The molecule has 0 unspecified atom stereocenters. The Labute approximate surface area is 130 Å². The molecule has 0 radical (unpaired) electrons. The normalized spacial score (nSPS) is 19.8. The number of carbonyl (C=O) groups excluding carboxylic acids is 1. The van der Waals surface area contributed by atoms with Gasteiger partial charge in [0.25, 0.3) is 15.9 Å². The zero-order chi connectivity index (χ0) is 16.2. The smallest absolute Gasteiger partial charge is 0.264 e. The van der Waals surface area contributed by atoms with E-state index in [0.29, 0.717) is 13.2 Å². The third-order valence-corrected chi connectivity index (χ3v) is 4.85. The Balaban J connectivity index is 1.90. The topological polar surface area (TPSA) is 81.7 Å². The molecule has 122 valence electrons. The number of benzene rings is 1. The van der Waals surface area contributed by atoms with Crippen LogP contribution in [0.3, 0.4) is 0 Å². The minimum Gasteiger partial charge on any atom is -0.376 e. The van der Waals surface area contributed by atoms with E-state index >= 15 is 0 Å². The second-order valence-electron chi connectivity index (χ2n) is 5.39. The first-order chi connectivity index (χ1) is 10.4. The lowest BCUT2D eigenvalue weighted by Crippen LogP contribution is -2.39. The van der Waals surface area contributed by atoms with Gasteiger partial charge in [0.05, 0.1) is 17.6 Å². The summed E-state index contributed by atoms with van der Waals surface area (Å²) in [6, 6.07) is 6.28. The van der Waals surface area contributed by atoms with Crippen LogP contribution in [-0.2, 0) is 24.3 Å². The fourth-order valence-electron chi connectivity index (χ4n) is 2.09. The molecule has 1 aliphatic rings. The minimum atomic E-state index is -3.87. The SMILES string of the molecule is Cc1ccc(S(=O)(=O)NC(=O)[C@H](C)OC[C@H]2CCCO2)cc1. The molecule has 7 heteroatoms. The summed E-state index contributed by atoms with van der Waals surface area (Å²) in [7, 11) is -3.87. The van der Waals surface area contributed by atoms with Crippen LogP contribution in [0, 0.1) is 6.92 Å². The molecule has 6 nitrogen and oxygen atoms in total. The second kappa shape index (κ2) is 7.21. The maximum atomic E-state index is 12.1. The van der Waals surface area contributed by atoms with Crippen LogP contribution in [0.25, 0.3) is 0 Å². The van der Waals surface area contributed by atoms with Crippen LogP contribution in [0.5, 0.6) is 0 Å². The molecule has 0 aromatic heterocycles. The molecule has 1 aliphatic heterocycles. The molecule has 22 heavy (non-hydrogen) atoms. The number of carbonyl (C=O) groups is 1. The standard InChI is InChI=1S/C15H21NO5S/c1-11-5-7-14(8-6-11)22(18,19)16-15(17)12(2)21-10-13-4-3-9-20-13/h5-8,12-13H,3-4,9-10H2,1-2H3,(H,16,17)/t12-,13+/m0/s1. The molecule has 1 amide bonds. The van der Waals surface area contributed by atoms with Crippen LogP contribution >= 0.6 is 0 Å². The Kier molecular flexibility index (Phi) is 5.55. The monoisotopic (exact) mass is 327 g/mol. The maximum absolute atomic E-state index is 12.1. The van der Waals surface area contributed by atoms with E-state index < -0.39 is 22.0 Å². The van der Waals surface area contributed by atoms with Crippen LogP contribution in [0.2, 0.25) is 0 Å². The van der Waals surface area contributed by atoms with E-state index in [1.54, 1.807) is 12.1 Å². The zero-order valence-electron chi connectivity index (χ0n) is 12.7. The van der Waals surface area contributed by atoms with Crippen LogP contribution in [-0.4, -0.2) is 39.7 Å². The Morgan fingerprint density at radius 1 is 1.41 bits per heavy atom. The molecule has 1 fully saturated rings. The lowest BCUT2D eigenvalue weighted by atomic mass is 10.2. The van der Waals surface area contributed by atoms with E-state index in [2.05, 4.69) is 0 Å². The molecule has 1 aromatic carbocycles. The van der Waals surface area contributed by atoms with Crippen molar-refractivity contribution in [2.75, 3.05) is 13.2 Å². The van der Waals surface area contributed by atoms with Gasteiger partial charge >= 0.3 is 0 Å². The van der Waals surface area contributed by atoms with E-state index in [9.17, 15) is 13.2 Å². The van der Waals surface area contributed by atoms with Gasteiger partial charge in [-0.25, -0.2) is 13.1 Å². The highest BCUT2D eigenvalue weighted by Gasteiger charge is 2.24. The van der Waals surface area contributed by atoms with Gasteiger partial charge in [-0.2, -0.15) is 0 Å². The summed E-state index contributed by atoms with van der Waals surface area (Å²) in [6.07, 6.45) is 1.01. The third kappa shape index (κ3) is 4.53. The van der Waals surface area contributed by atoms with Crippen LogP contribution in [0.1, 0.15) is 25.3 Å². The fourth-order valence-corrected chi connectivity index (χ4v) is 3.14. The first-order valence-electron chi connectivity index (χ1n) is 7.25. The molecule has 0 spiro atoms. The highest BCUT2D eigenvalue weighted by molar-refractivity contribution is 7.90. The van der Waals surface area contributed by atoms with Crippen molar-refractivity contribution >= 4 is 15.9 Å². The summed E-state index contributed by atoms with van der Waals surface area (Å²) < 4.78 is 37.0. The van der Waals surface area contributed by atoms with Crippen LogP contribution < -0.4 is 4.72 Å². The van der Waals surface area contributed by atoms with Crippen LogP contribution in [0.4, 0.5) is 0 Å². The van der Waals surface area contributed by atoms with Gasteiger partial charge < -0.3 is 9.47 Å². The summed E-state index contributed by atoms with van der Waals surface area (Å²) in [5, 5.41) is 0. The average molecular weight is 327 g/mol. The van der Waals surface area contributed by atoms with Crippen molar-refractivity contribution in [3.63, 3.8) is 0 Å². The van der Waals surface area contributed by atoms with Crippen molar-refractivity contribution in [1.29, 1.82) is 0 Å². The Morgan fingerprint density at radius 3 is 2.68 bits per heavy atom. The molecular formula is C15H21NO5S. The van der Waals surface area contributed by atoms with Gasteiger partial charge in [0, 0.05) is 6.61 Å². The number of sulfonamides is 1. The molecule has 2 rings (SSSR count). The van der Waals surface area contributed by atoms with Gasteiger partial charge in [0.15, 0.2) is 0 Å². The molecule has 0 aliphatic carbocycles. The molecule has 1 N–H and O–H groups in total. The Morgan fingerprint density at radius 2 is 2.09 bits per heavy atom. The average Bonchev–Trinajstić information content (AvgIpc) is 2.98. The predicted octanol–water partition coefficient (Wildman–Crippen LogP) is 1.38. The van der Waals surface area contributed by atoms with E-state index in [1.165, 1.54) is 19.1 Å².